The Hall–Kier alpha value is -0.550. The lowest BCUT2D eigenvalue weighted by molar-refractivity contribution is -0.129. The molecule has 0 radical (unpaired) electrons. The van der Waals surface area contributed by atoms with Crippen molar-refractivity contribution in [2.45, 2.75) is 32.4 Å². The largest absolute Gasteiger partial charge is 0.391 e. The molecule has 0 aromatic carbocycles. The second kappa shape index (κ2) is 4.79. The van der Waals surface area contributed by atoms with Crippen molar-refractivity contribution in [1.82, 2.24) is 4.90 Å². The molecule has 0 bridgehead atoms. The summed E-state index contributed by atoms with van der Waals surface area (Å²) < 4.78 is 0. The molecular formula is C9H15NO3S. The Labute approximate surface area is 87.7 Å². The van der Waals surface area contributed by atoms with E-state index in [1.165, 1.54) is 25.6 Å². The second-order valence-corrected chi connectivity index (χ2v) is 4.71. The van der Waals surface area contributed by atoms with E-state index in [2.05, 4.69) is 0 Å². The maximum Gasteiger partial charge on any atom is 0.219 e. The predicted octanol–water partition coefficient (Wildman–Crippen LogP) is 0.248. The Morgan fingerprint density at radius 1 is 1.50 bits per heavy atom. The molecule has 0 saturated carbocycles. The summed E-state index contributed by atoms with van der Waals surface area (Å²) in [7, 11) is 0. The van der Waals surface area contributed by atoms with Crippen LogP contribution < -0.4 is 0 Å². The third-order valence-corrected chi connectivity index (χ3v) is 3.23. The molecule has 0 aromatic heterocycles. The van der Waals surface area contributed by atoms with Crippen LogP contribution in [0, 0.1) is 0 Å². The van der Waals surface area contributed by atoms with E-state index < -0.39 is 6.10 Å². The van der Waals surface area contributed by atoms with Gasteiger partial charge in [0, 0.05) is 32.2 Å². The van der Waals surface area contributed by atoms with Crippen molar-refractivity contribution < 1.29 is 14.7 Å². The minimum absolute atomic E-state index is 0.0106. The first kappa shape index (κ1) is 11.5. The monoisotopic (exact) mass is 217 g/mol. The van der Waals surface area contributed by atoms with Crippen molar-refractivity contribution in [2.24, 2.45) is 0 Å². The number of likely N-dealkylation sites (tertiary alicyclic amines) is 1. The molecule has 0 unspecified atom stereocenters. The van der Waals surface area contributed by atoms with E-state index in [1.54, 1.807) is 4.90 Å². The number of amides is 1. The Balaban J connectivity index is 2.49. The van der Waals surface area contributed by atoms with Crippen molar-refractivity contribution in [3.05, 3.63) is 0 Å². The van der Waals surface area contributed by atoms with Gasteiger partial charge in [-0.05, 0) is 6.42 Å². The topological polar surface area (TPSA) is 57.6 Å². The molecule has 0 aromatic rings. The SMILES string of the molecule is CC(=O)SC[C@@H]1C[C@@H](O)CN1C(C)=O. The summed E-state index contributed by atoms with van der Waals surface area (Å²) >= 11 is 1.21. The van der Waals surface area contributed by atoms with Gasteiger partial charge in [-0.2, -0.15) is 0 Å². The van der Waals surface area contributed by atoms with Gasteiger partial charge in [-0.3, -0.25) is 9.59 Å². The first-order valence-electron chi connectivity index (χ1n) is 4.59. The molecule has 5 heteroatoms. The van der Waals surface area contributed by atoms with Crippen LogP contribution in [-0.4, -0.2) is 45.5 Å². The van der Waals surface area contributed by atoms with E-state index in [-0.39, 0.29) is 17.1 Å². The summed E-state index contributed by atoms with van der Waals surface area (Å²) in [5, 5.41) is 9.45. The van der Waals surface area contributed by atoms with Gasteiger partial charge in [-0.15, -0.1) is 0 Å². The van der Waals surface area contributed by atoms with Gasteiger partial charge in [0.15, 0.2) is 5.12 Å². The van der Waals surface area contributed by atoms with Crippen molar-refractivity contribution >= 4 is 22.8 Å². The van der Waals surface area contributed by atoms with Crippen LogP contribution in [0.4, 0.5) is 0 Å². The van der Waals surface area contributed by atoms with Gasteiger partial charge < -0.3 is 10.0 Å². The van der Waals surface area contributed by atoms with E-state index in [4.69, 9.17) is 0 Å². The molecule has 0 aliphatic carbocycles. The fraction of sp³-hybridized carbons (Fsp3) is 0.778. The quantitative estimate of drug-likeness (QED) is 0.720. The minimum atomic E-state index is -0.434. The highest BCUT2D eigenvalue weighted by molar-refractivity contribution is 8.13. The van der Waals surface area contributed by atoms with Crippen LogP contribution in [0.1, 0.15) is 20.3 Å². The van der Waals surface area contributed by atoms with E-state index in [0.29, 0.717) is 18.7 Å². The summed E-state index contributed by atoms with van der Waals surface area (Å²) in [6.07, 6.45) is 0.149. The maximum atomic E-state index is 11.2. The van der Waals surface area contributed by atoms with Crippen LogP contribution in [0.2, 0.25) is 0 Å². The van der Waals surface area contributed by atoms with E-state index in [1.807, 2.05) is 0 Å². The molecule has 1 N–H and O–H groups in total. The van der Waals surface area contributed by atoms with Crippen LogP contribution in [0.3, 0.4) is 0 Å². The fourth-order valence-electron chi connectivity index (χ4n) is 1.65. The number of hydrogen-bond donors (Lipinski definition) is 1. The van der Waals surface area contributed by atoms with Crippen molar-refractivity contribution in [3.63, 3.8) is 0 Å². The van der Waals surface area contributed by atoms with Gasteiger partial charge in [-0.1, -0.05) is 11.8 Å². The predicted molar refractivity (Wildman–Crippen MR) is 54.9 cm³/mol. The first-order chi connectivity index (χ1) is 6.50. The number of carbonyl (C=O) groups excluding carboxylic acids is 2. The lowest BCUT2D eigenvalue weighted by Gasteiger charge is -2.21. The molecule has 1 saturated heterocycles. The van der Waals surface area contributed by atoms with Gasteiger partial charge in [0.2, 0.25) is 5.91 Å². The first-order valence-corrected chi connectivity index (χ1v) is 5.58. The average molecular weight is 217 g/mol. The van der Waals surface area contributed by atoms with E-state index in [0.717, 1.165) is 0 Å². The number of β-amino-alcohol motifs (C(OH)–C–C–N with tert-alkyl or cyclic N) is 1. The number of aliphatic hydroxyl groups excluding tert-OH is 1. The molecule has 1 aliphatic heterocycles. The molecule has 4 nitrogen and oxygen atoms in total. The highest BCUT2D eigenvalue weighted by Gasteiger charge is 2.32. The third kappa shape index (κ3) is 2.99. The summed E-state index contributed by atoms with van der Waals surface area (Å²) in [6.45, 7) is 3.40. The fourth-order valence-corrected chi connectivity index (χ4v) is 2.39. The zero-order chi connectivity index (χ0) is 10.7. The smallest absolute Gasteiger partial charge is 0.219 e. The zero-order valence-corrected chi connectivity index (χ0v) is 9.21. The molecule has 14 heavy (non-hydrogen) atoms. The highest BCUT2D eigenvalue weighted by Crippen LogP contribution is 2.21. The number of thioether (sulfide) groups is 1. The van der Waals surface area contributed by atoms with Gasteiger partial charge >= 0.3 is 0 Å². The van der Waals surface area contributed by atoms with Crippen LogP contribution in [-0.2, 0) is 9.59 Å². The molecule has 80 valence electrons. The number of carbonyl (C=O) groups is 2. The van der Waals surface area contributed by atoms with E-state index in [9.17, 15) is 14.7 Å². The maximum absolute atomic E-state index is 11.2. The Kier molecular flexibility index (Phi) is 3.95. The molecule has 0 spiro atoms. The number of aliphatic hydroxyl groups is 1. The van der Waals surface area contributed by atoms with Crippen LogP contribution >= 0.6 is 11.8 Å². The normalized spacial score (nSPS) is 26.6. The van der Waals surface area contributed by atoms with Crippen molar-refractivity contribution in [1.29, 1.82) is 0 Å². The summed E-state index contributed by atoms with van der Waals surface area (Å²) in [4.78, 5) is 23.6. The molecule has 1 fully saturated rings. The molecule has 1 aliphatic rings. The lowest BCUT2D eigenvalue weighted by Crippen LogP contribution is -2.35. The van der Waals surface area contributed by atoms with Gasteiger partial charge in [-0.25, -0.2) is 0 Å². The molecular weight excluding hydrogens is 202 g/mol. The van der Waals surface area contributed by atoms with Gasteiger partial charge in [0.05, 0.1) is 6.10 Å². The van der Waals surface area contributed by atoms with Crippen LogP contribution in [0.15, 0.2) is 0 Å². The summed E-state index contributed by atoms with van der Waals surface area (Å²) in [6, 6.07) is 0.0106. The molecule has 1 rings (SSSR count). The minimum Gasteiger partial charge on any atom is -0.391 e. The molecule has 2 atom stereocenters. The summed E-state index contributed by atoms with van der Waals surface area (Å²) in [5.41, 5.74) is 0. The van der Waals surface area contributed by atoms with Crippen LogP contribution in [0.25, 0.3) is 0 Å². The lowest BCUT2D eigenvalue weighted by atomic mass is 10.2. The second-order valence-electron chi connectivity index (χ2n) is 3.52. The Bertz CT molecular complexity index is 244. The average Bonchev–Trinajstić information content (AvgIpc) is 2.43. The van der Waals surface area contributed by atoms with Crippen LogP contribution in [0.5, 0.6) is 0 Å². The van der Waals surface area contributed by atoms with E-state index >= 15 is 0 Å². The zero-order valence-electron chi connectivity index (χ0n) is 8.40. The third-order valence-electron chi connectivity index (χ3n) is 2.28. The van der Waals surface area contributed by atoms with Crippen molar-refractivity contribution in [3.8, 4) is 0 Å². The number of nitrogens with zero attached hydrogens (tertiary/aromatic N) is 1. The highest BCUT2D eigenvalue weighted by atomic mass is 32.2. The molecule has 1 amide bonds. The van der Waals surface area contributed by atoms with Crippen molar-refractivity contribution in [2.75, 3.05) is 12.3 Å². The van der Waals surface area contributed by atoms with Gasteiger partial charge in [0.1, 0.15) is 0 Å². The number of hydrogen-bond acceptors (Lipinski definition) is 4. The van der Waals surface area contributed by atoms with Gasteiger partial charge in [0.25, 0.3) is 0 Å². The summed E-state index contributed by atoms with van der Waals surface area (Å²) in [5.74, 6) is 0.558. The molecule has 1 heterocycles. The Morgan fingerprint density at radius 3 is 2.64 bits per heavy atom. The Morgan fingerprint density at radius 2 is 2.14 bits per heavy atom. The standard InChI is InChI=1S/C9H15NO3S/c1-6(11)10-4-9(13)3-8(10)5-14-7(2)12/h8-9,13H,3-5H2,1-2H3/t8-,9+/m0/s1. The number of rotatable bonds is 2.